The largest absolute Gasteiger partial charge is 0.313 e. The Morgan fingerprint density at radius 1 is 1.27 bits per heavy atom. The Hall–Kier alpha value is -0.890. The van der Waals surface area contributed by atoms with Crippen LogP contribution < -0.4 is 5.32 Å². The molecule has 0 spiro atoms. The molecule has 1 aliphatic heterocycles. The Balaban J connectivity index is 1.91. The van der Waals surface area contributed by atoms with Gasteiger partial charge >= 0.3 is 0 Å². The number of aromatic nitrogens is 1. The molecule has 2 heterocycles. The van der Waals surface area contributed by atoms with Crippen LogP contribution in [0.25, 0.3) is 0 Å². The van der Waals surface area contributed by atoms with Crippen LogP contribution in [-0.4, -0.2) is 17.6 Å². The summed E-state index contributed by atoms with van der Waals surface area (Å²) in [5.74, 6) is 0.678. The fraction of sp³-hybridized carbons (Fsp3) is 0.615. The van der Waals surface area contributed by atoms with Gasteiger partial charge < -0.3 is 5.32 Å². The highest BCUT2D eigenvalue weighted by Gasteiger charge is 2.30. The topological polar surface area (TPSA) is 24.9 Å². The Morgan fingerprint density at radius 3 is 3.13 bits per heavy atom. The summed E-state index contributed by atoms with van der Waals surface area (Å²) in [4.78, 5) is 4.61. The summed E-state index contributed by atoms with van der Waals surface area (Å²) in [7, 11) is 0. The van der Waals surface area contributed by atoms with Crippen molar-refractivity contribution in [3.8, 4) is 0 Å². The van der Waals surface area contributed by atoms with Crippen LogP contribution in [0.5, 0.6) is 0 Å². The lowest BCUT2D eigenvalue weighted by Gasteiger charge is -2.29. The molecule has 1 fully saturated rings. The number of rotatable bonds is 1. The van der Waals surface area contributed by atoms with Crippen molar-refractivity contribution < 1.29 is 0 Å². The van der Waals surface area contributed by atoms with Gasteiger partial charge in [0.25, 0.3) is 0 Å². The van der Waals surface area contributed by atoms with Crippen LogP contribution in [0.3, 0.4) is 0 Å². The first-order chi connectivity index (χ1) is 7.45. The lowest BCUT2D eigenvalue weighted by atomic mass is 9.81. The van der Waals surface area contributed by atoms with E-state index in [9.17, 15) is 0 Å². The van der Waals surface area contributed by atoms with Crippen LogP contribution in [-0.2, 0) is 6.42 Å². The standard InChI is InChI=1S/C13H18N2/c1-4-10-5-2-9-15-13(10)11(6-1)12-7-3-8-14-12/h2,5,9,11-12,14H,1,3-4,6-8H2. The SMILES string of the molecule is c1cnc2c(c1)CCCC2C1CCCN1. The third-order valence-electron chi connectivity index (χ3n) is 3.82. The summed E-state index contributed by atoms with van der Waals surface area (Å²) in [6.45, 7) is 1.20. The number of nitrogens with zero attached hydrogens (tertiary/aromatic N) is 1. The van der Waals surface area contributed by atoms with Crippen molar-refractivity contribution in [1.82, 2.24) is 10.3 Å². The zero-order valence-corrected chi connectivity index (χ0v) is 9.08. The van der Waals surface area contributed by atoms with Gasteiger partial charge in [-0.15, -0.1) is 0 Å². The van der Waals surface area contributed by atoms with Crippen LogP contribution in [0, 0.1) is 0 Å². The summed E-state index contributed by atoms with van der Waals surface area (Å²) in [5.41, 5.74) is 2.87. The fourth-order valence-electron chi connectivity index (χ4n) is 3.09. The van der Waals surface area contributed by atoms with Gasteiger partial charge in [-0.2, -0.15) is 0 Å². The Morgan fingerprint density at radius 2 is 2.27 bits per heavy atom. The number of nitrogens with one attached hydrogen (secondary N) is 1. The smallest absolute Gasteiger partial charge is 0.0481 e. The van der Waals surface area contributed by atoms with Crippen molar-refractivity contribution >= 4 is 0 Å². The minimum Gasteiger partial charge on any atom is -0.313 e. The van der Waals surface area contributed by atoms with Gasteiger partial charge in [-0.1, -0.05) is 6.07 Å². The van der Waals surface area contributed by atoms with Crippen molar-refractivity contribution in [3.63, 3.8) is 0 Å². The van der Waals surface area contributed by atoms with E-state index < -0.39 is 0 Å². The summed E-state index contributed by atoms with van der Waals surface area (Å²) in [5, 5.41) is 3.63. The van der Waals surface area contributed by atoms with Gasteiger partial charge in [0.05, 0.1) is 0 Å². The summed E-state index contributed by atoms with van der Waals surface area (Å²) in [6.07, 6.45) is 8.51. The van der Waals surface area contributed by atoms with Crippen molar-refractivity contribution in [1.29, 1.82) is 0 Å². The fourth-order valence-corrected chi connectivity index (χ4v) is 3.09. The number of hydrogen-bond acceptors (Lipinski definition) is 2. The molecule has 0 amide bonds. The van der Waals surface area contributed by atoms with Gasteiger partial charge in [0.1, 0.15) is 0 Å². The Bertz CT molecular complexity index is 342. The molecule has 1 N–H and O–H groups in total. The number of pyridine rings is 1. The number of fused-ring (bicyclic) bond motifs is 1. The van der Waals surface area contributed by atoms with Gasteiger partial charge in [0, 0.05) is 23.9 Å². The molecule has 0 bridgehead atoms. The second kappa shape index (κ2) is 3.93. The van der Waals surface area contributed by atoms with E-state index in [2.05, 4.69) is 22.4 Å². The van der Waals surface area contributed by atoms with E-state index in [0.29, 0.717) is 12.0 Å². The molecule has 80 valence electrons. The van der Waals surface area contributed by atoms with E-state index >= 15 is 0 Å². The highest BCUT2D eigenvalue weighted by molar-refractivity contribution is 5.27. The number of aryl methyl sites for hydroxylation is 1. The van der Waals surface area contributed by atoms with Crippen LogP contribution in [0.4, 0.5) is 0 Å². The lowest BCUT2D eigenvalue weighted by Crippen LogP contribution is -2.31. The van der Waals surface area contributed by atoms with Gasteiger partial charge in [-0.25, -0.2) is 0 Å². The molecule has 2 unspecified atom stereocenters. The van der Waals surface area contributed by atoms with Crippen LogP contribution in [0.2, 0.25) is 0 Å². The van der Waals surface area contributed by atoms with Crippen molar-refractivity contribution in [3.05, 3.63) is 29.6 Å². The highest BCUT2D eigenvalue weighted by atomic mass is 15.0. The third kappa shape index (κ3) is 1.67. The molecule has 15 heavy (non-hydrogen) atoms. The van der Waals surface area contributed by atoms with E-state index in [1.54, 1.807) is 0 Å². The second-order valence-electron chi connectivity index (χ2n) is 4.75. The van der Waals surface area contributed by atoms with E-state index in [-0.39, 0.29) is 0 Å². The minimum atomic E-state index is 0.678. The van der Waals surface area contributed by atoms with Crippen LogP contribution in [0.1, 0.15) is 42.9 Å². The Kier molecular flexibility index (Phi) is 2.45. The molecule has 2 atom stereocenters. The minimum absolute atomic E-state index is 0.678. The normalized spacial score (nSPS) is 30.1. The van der Waals surface area contributed by atoms with Crippen LogP contribution in [0.15, 0.2) is 18.3 Å². The molecule has 2 aliphatic rings. The van der Waals surface area contributed by atoms with Gasteiger partial charge in [-0.05, 0) is 50.3 Å². The average Bonchev–Trinajstić information content (AvgIpc) is 2.82. The first kappa shape index (κ1) is 9.34. The number of hydrogen-bond donors (Lipinski definition) is 1. The zero-order valence-electron chi connectivity index (χ0n) is 9.08. The predicted octanol–water partition coefficient (Wildman–Crippen LogP) is 2.25. The quantitative estimate of drug-likeness (QED) is 0.755. The maximum absolute atomic E-state index is 4.61. The predicted molar refractivity (Wildman–Crippen MR) is 60.9 cm³/mol. The lowest BCUT2D eigenvalue weighted by molar-refractivity contribution is 0.423. The maximum atomic E-state index is 4.61. The summed E-state index contributed by atoms with van der Waals surface area (Å²) >= 11 is 0. The molecule has 1 saturated heterocycles. The molecule has 1 aliphatic carbocycles. The molecular formula is C13H18N2. The van der Waals surface area contributed by atoms with Gasteiger partial charge in [0.2, 0.25) is 0 Å². The third-order valence-corrected chi connectivity index (χ3v) is 3.82. The summed E-state index contributed by atoms with van der Waals surface area (Å²) in [6, 6.07) is 5.02. The monoisotopic (exact) mass is 202 g/mol. The van der Waals surface area contributed by atoms with E-state index in [4.69, 9.17) is 0 Å². The molecule has 3 rings (SSSR count). The van der Waals surface area contributed by atoms with Crippen LogP contribution >= 0.6 is 0 Å². The van der Waals surface area contributed by atoms with E-state index in [1.165, 1.54) is 49.9 Å². The molecule has 2 heteroatoms. The molecule has 0 radical (unpaired) electrons. The molecule has 1 aromatic heterocycles. The summed E-state index contributed by atoms with van der Waals surface area (Å²) < 4.78 is 0. The highest BCUT2D eigenvalue weighted by Crippen LogP contribution is 2.34. The van der Waals surface area contributed by atoms with Crippen molar-refractivity contribution in [2.24, 2.45) is 0 Å². The van der Waals surface area contributed by atoms with Crippen molar-refractivity contribution in [2.75, 3.05) is 6.54 Å². The molecule has 2 nitrogen and oxygen atoms in total. The molecule has 0 saturated carbocycles. The Labute approximate surface area is 91.1 Å². The van der Waals surface area contributed by atoms with E-state index in [1.807, 2.05) is 6.20 Å². The van der Waals surface area contributed by atoms with Crippen molar-refractivity contribution in [2.45, 2.75) is 44.1 Å². The van der Waals surface area contributed by atoms with Gasteiger partial charge in [0.15, 0.2) is 0 Å². The zero-order chi connectivity index (χ0) is 10.1. The maximum Gasteiger partial charge on any atom is 0.0481 e. The molecular weight excluding hydrogens is 184 g/mol. The second-order valence-corrected chi connectivity index (χ2v) is 4.75. The van der Waals surface area contributed by atoms with E-state index in [0.717, 1.165) is 0 Å². The first-order valence-corrected chi connectivity index (χ1v) is 6.12. The average molecular weight is 202 g/mol. The molecule has 1 aromatic rings. The van der Waals surface area contributed by atoms with Gasteiger partial charge in [-0.3, -0.25) is 4.98 Å². The first-order valence-electron chi connectivity index (χ1n) is 6.12. The molecule has 0 aromatic carbocycles.